The Labute approximate surface area is 106 Å². The fraction of sp³-hybridized carbons (Fsp3) is 0.0909. The minimum absolute atomic E-state index is 0.304. The molecule has 0 spiro atoms. The molecule has 0 atom stereocenters. The standard InChI is InChI=1S/C11H7F3N2O2S/c12-11(13,14)19(17,18)9-4-2-8(3-5-9)10-15-6-1-7-16-10/h1-7H. The predicted molar refractivity (Wildman–Crippen MR) is 60.7 cm³/mol. The number of sulfone groups is 1. The highest BCUT2D eigenvalue weighted by molar-refractivity contribution is 7.92. The lowest BCUT2D eigenvalue weighted by Crippen LogP contribution is -2.23. The lowest BCUT2D eigenvalue weighted by atomic mass is 10.2. The van der Waals surface area contributed by atoms with E-state index < -0.39 is 20.2 Å². The SMILES string of the molecule is O=S(=O)(c1ccc(-c2ncccn2)cc1)C(F)(F)F. The summed E-state index contributed by atoms with van der Waals surface area (Å²) in [6, 6.07) is 5.82. The third kappa shape index (κ3) is 2.58. The van der Waals surface area contributed by atoms with Crippen LogP contribution in [0.3, 0.4) is 0 Å². The van der Waals surface area contributed by atoms with Crippen molar-refractivity contribution in [2.45, 2.75) is 10.4 Å². The van der Waals surface area contributed by atoms with Crippen molar-refractivity contribution >= 4 is 9.84 Å². The zero-order valence-electron chi connectivity index (χ0n) is 9.29. The topological polar surface area (TPSA) is 59.9 Å². The van der Waals surface area contributed by atoms with Crippen molar-refractivity contribution in [3.63, 3.8) is 0 Å². The first-order valence-electron chi connectivity index (χ1n) is 5.01. The normalized spacial score (nSPS) is 12.4. The van der Waals surface area contributed by atoms with Crippen LogP contribution in [0, 0.1) is 0 Å². The van der Waals surface area contributed by atoms with Crippen LogP contribution in [-0.2, 0) is 9.84 Å². The van der Waals surface area contributed by atoms with Crippen LogP contribution in [-0.4, -0.2) is 23.9 Å². The summed E-state index contributed by atoms with van der Waals surface area (Å²) in [6.07, 6.45) is 2.95. The number of rotatable bonds is 2. The highest BCUT2D eigenvalue weighted by Crippen LogP contribution is 2.30. The summed E-state index contributed by atoms with van der Waals surface area (Å²) < 4.78 is 59.3. The molecule has 19 heavy (non-hydrogen) atoms. The molecule has 0 aliphatic rings. The van der Waals surface area contributed by atoms with Crippen LogP contribution in [0.4, 0.5) is 13.2 Å². The molecular weight excluding hydrogens is 281 g/mol. The maximum atomic E-state index is 12.3. The average Bonchev–Trinajstić information content (AvgIpc) is 2.39. The summed E-state index contributed by atoms with van der Waals surface area (Å²) in [5.41, 5.74) is -4.88. The van der Waals surface area contributed by atoms with Crippen LogP contribution in [0.15, 0.2) is 47.6 Å². The molecule has 0 aliphatic heterocycles. The maximum absolute atomic E-state index is 12.3. The Balaban J connectivity index is 2.40. The maximum Gasteiger partial charge on any atom is 0.501 e. The Bertz CT molecular complexity index is 667. The predicted octanol–water partition coefficient (Wildman–Crippen LogP) is 2.44. The Hall–Kier alpha value is -1.96. The van der Waals surface area contributed by atoms with Gasteiger partial charge in [-0.05, 0) is 30.3 Å². The van der Waals surface area contributed by atoms with Gasteiger partial charge in [0.2, 0.25) is 0 Å². The highest BCUT2D eigenvalue weighted by Gasteiger charge is 2.46. The number of benzene rings is 1. The molecule has 0 bridgehead atoms. The number of aromatic nitrogens is 2. The number of alkyl halides is 3. The summed E-state index contributed by atoms with van der Waals surface area (Å²) in [5, 5.41) is 0. The molecule has 0 aliphatic carbocycles. The van der Waals surface area contributed by atoms with Crippen LogP contribution >= 0.6 is 0 Å². The first-order chi connectivity index (χ1) is 8.82. The Morgan fingerprint density at radius 3 is 1.95 bits per heavy atom. The van der Waals surface area contributed by atoms with E-state index in [1.807, 2.05) is 0 Å². The van der Waals surface area contributed by atoms with E-state index in [-0.39, 0.29) is 0 Å². The zero-order valence-corrected chi connectivity index (χ0v) is 10.1. The number of hydrogen-bond donors (Lipinski definition) is 0. The van der Waals surface area contributed by atoms with E-state index in [0.717, 1.165) is 12.1 Å². The summed E-state index contributed by atoms with van der Waals surface area (Å²) in [5.74, 6) is 0.304. The van der Waals surface area contributed by atoms with E-state index >= 15 is 0 Å². The summed E-state index contributed by atoms with van der Waals surface area (Å²) in [7, 11) is -5.32. The van der Waals surface area contributed by atoms with Gasteiger partial charge in [-0.25, -0.2) is 18.4 Å². The lowest BCUT2D eigenvalue weighted by Gasteiger charge is -2.08. The fourth-order valence-electron chi connectivity index (χ4n) is 1.36. The molecule has 0 fully saturated rings. The van der Waals surface area contributed by atoms with E-state index in [4.69, 9.17) is 0 Å². The molecule has 1 heterocycles. The van der Waals surface area contributed by atoms with Gasteiger partial charge in [0.25, 0.3) is 9.84 Å². The lowest BCUT2D eigenvalue weighted by molar-refractivity contribution is -0.0436. The van der Waals surface area contributed by atoms with Gasteiger partial charge >= 0.3 is 5.51 Å². The minimum atomic E-state index is -5.32. The first-order valence-corrected chi connectivity index (χ1v) is 6.49. The summed E-state index contributed by atoms with van der Waals surface area (Å²) >= 11 is 0. The van der Waals surface area contributed by atoms with Gasteiger partial charge in [0, 0.05) is 18.0 Å². The van der Waals surface area contributed by atoms with Gasteiger partial charge in [-0.3, -0.25) is 0 Å². The van der Waals surface area contributed by atoms with E-state index in [2.05, 4.69) is 9.97 Å². The molecule has 0 radical (unpaired) electrons. The zero-order chi connectivity index (χ0) is 14.1. The van der Waals surface area contributed by atoms with Crippen molar-refractivity contribution < 1.29 is 21.6 Å². The van der Waals surface area contributed by atoms with Gasteiger partial charge in [-0.2, -0.15) is 13.2 Å². The quantitative estimate of drug-likeness (QED) is 0.851. The summed E-state index contributed by atoms with van der Waals surface area (Å²) in [4.78, 5) is 7.01. The molecule has 1 aromatic heterocycles. The molecule has 0 saturated heterocycles. The molecule has 0 N–H and O–H groups in total. The van der Waals surface area contributed by atoms with Gasteiger partial charge in [-0.15, -0.1) is 0 Å². The van der Waals surface area contributed by atoms with Crippen LogP contribution in [0.1, 0.15) is 0 Å². The van der Waals surface area contributed by atoms with Gasteiger partial charge in [0.1, 0.15) is 0 Å². The van der Waals surface area contributed by atoms with Gasteiger partial charge in [-0.1, -0.05) is 0 Å². The summed E-state index contributed by atoms with van der Waals surface area (Å²) in [6.45, 7) is 0. The number of hydrogen-bond acceptors (Lipinski definition) is 4. The minimum Gasteiger partial charge on any atom is -0.237 e. The van der Waals surface area contributed by atoms with Crippen molar-refractivity contribution in [1.29, 1.82) is 0 Å². The Morgan fingerprint density at radius 1 is 0.947 bits per heavy atom. The van der Waals surface area contributed by atoms with Gasteiger partial charge in [0.05, 0.1) is 4.90 Å². The van der Waals surface area contributed by atoms with Gasteiger partial charge in [0.15, 0.2) is 5.82 Å². The van der Waals surface area contributed by atoms with Crippen LogP contribution < -0.4 is 0 Å². The highest BCUT2D eigenvalue weighted by atomic mass is 32.2. The molecule has 100 valence electrons. The molecule has 8 heteroatoms. The molecule has 1 aromatic carbocycles. The third-order valence-electron chi connectivity index (χ3n) is 2.29. The van der Waals surface area contributed by atoms with Gasteiger partial charge < -0.3 is 0 Å². The Morgan fingerprint density at radius 2 is 1.47 bits per heavy atom. The second-order valence-corrected chi connectivity index (χ2v) is 5.49. The fourth-order valence-corrected chi connectivity index (χ4v) is 2.13. The van der Waals surface area contributed by atoms with Crippen molar-refractivity contribution in [2.75, 3.05) is 0 Å². The van der Waals surface area contributed by atoms with Crippen molar-refractivity contribution in [1.82, 2.24) is 9.97 Å². The molecule has 0 unspecified atom stereocenters. The van der Waals surface area contributed by atoms with E-state index in [9.17, 15) is 21.6 Å². The van der Waals surface area contributed by atoms with Crippen LogP contribution in [0.2, 0.25) is 0 Å². The van der Waals surface area contributed by atoms with E-state index in [1.165, 1.54) is 24.5 Å². The molecule has 2 rings (SSSR count). The van der Waals surface area contributed by atoms with Crippen LogP contribution in [0.5, 0.6) is 0 Å². The number of halogens is 3. The molecule has 4 nitrogen and oxygen atoms in total. The molecular formula is C11H7F3N2O2S. The first kappa shape index (κ1) is 13.5. The average molecular weight is 288 g/mol. The largest absolute Gasteiger partial charge is 0.501 e. The smallest absolute Gasteiger partial charge is 0.237 e. The second-order valence-electron chi connectivity index (χ2n) is 3.55. The molecule has 2 aromatic rings. The van der Waals surface area contributed by atoms with Crippen LogP contribution in [0.25, 0.3) is 11.4 Å². The monoisotopic (exact) mass is 288 g/mol. The molecule has 0 saturated carbocycles. The van der Waals surface area contributed by atoms with E-state index in [1.54, 1.807) is 6.07 Å². The Kier molecular flexibility index (Phi) is 3.27. The second kappa shape index (κ2) is 4.61. The van der Waals surface area contributed by atoms with Crippen molar-refractivity contribution in [3.05, 3.63) is 42.7 Å². The van der Waals surface area contributed by atoms with Crippen molar-refractivity contribution in [3.8, 4) is 11.4 Å². The molecule has 0 amide bonds. The van der Waals surface area contributed by atoms with E-state index in [0.29, 0.717) is 11.4 Å². The number of nitrogens with zero attached hydrogens (tertiary/aromatic N) is 2. The third-order valence-corrected chi connectivity index (χ3v) is 3.80. The van der Waals surface area contributed by atoms with Crippen molar-refractivity contribution in [2.24, 2.45) is 0 Å².